The molecule has 0 aliphatic heterocycles. The number of rotatable bonds is 6. The van der Waals surface area contributed by atoms with E-state index in [1.54, 1.807) is 0 Å². The van der Waals surface area contributed by atoms with Gasteiger partial charge in [0.1, 0.15) is 5.75 Å². The lowest BCUT2D eigenvalue weighted by Crippen LogP contribution is -2.27. The zero-order valence-electron chi connectivity index (χ0n) is 15.2. The van der Waals surface area contributed by atoms with Crippen molar-refractivity contribution in [3.63, 3.8) is 0 Å². The summed E-state index contributed by atoms with van der Waals surface area (Å²) in [6.45, 7) is 6.77. The molecular formula is C23H25OSi. The van der Waals surface area contributed by atoms with Crippen LogP contribution in [0.25, 0.3) is 0 Å². The predicted molar refractivity (Wildman–Crippen MR) is 108 cm³/mol. The number of benzene rings is 3. The van der Waals surface area contributed by atoms with Gasteiger partial charge in [0.15, 0.2) is 0 Å². The minimum atomic E-state index is -0.835. The van der Waals surface area contributed by atoms with E-state index >= 15 is 0 Å². The average molecular weight is 346 g/mol. The molecule has 3 aromatic carbocycles. The van der Waals surface area contributed by atoms with E-state index in [0.717, 1.165) is 5.75 Å². The highest BCUT2D eigenvalue weighted by Crippen LogP contribution is 2.45. The van der Waals surface area contributed by atoms with E-state index in [-0.39, 0.29) is 5.04 Å². The summed E-state index contributed by atoms with van der Waals surface area (Å²) in [4.78, 5) is 0. The molecule has 0 saturated heterocycles. The van der Waals surface area contributed by atoms with E-state index < -0.39 is 9.76 Å². The fourth-order valence-electron chi connectivity index (χ4n) is 3.38. The van der Waals surface area contributed by atoms with Crippen LogP contribution in [0.3, 0.4) is 0 Å². The van der Waals surface area contributed by atoms with Gasteiger partial charge in [-0.25, -0.2) is 0 Å². The van der Waals surface area contributed by atoms with Gasteiger partial charge in [-0.05, 0) is 40.8 Å². The highest BCUT2D eigenvalue weighted by molar-refractivity contribution is 6.33. The molecule has 1 radical (unpaired) electrons. The third-order valence-electron chi connectivity index (χ3n) is 4.68. The maximum atomic E-state index is 6.33. The van der Waals surface area contributed by atoms with E-state index in [1.807, 2.05) is 12.1 Å². The van der Waals surface area contributed by atoms with Gasteiger partial charge in [-0.1, -0.05) is 86.6 Å². The van der Waals surface area contributed by atoms with Gasteiger partial charge in [-0.3, -0.25) is 0 Å². The molecular weight excluding hydrogens is 320 g/mol. The summed E-state index contributed by atoms with van der Waals surface area (Å²) in [7, 11) is -0.835. The van der Waals surface area contributed by atoms with Gasteiger partial charge in [0.2, 0.25) is 9.76 Å². The van der Waals surface area contributed by atoms with Crippen molar-refractivity contribution in [2.45, 2.75) is 31.7 Å². The Bertz CT molecular complexity index is 757. The number of hydrogen-bond donors (Lipinski definition) is 0. The largest absolute Gasteiger partial charge is 0.549 e. The summed E-state index contributed by atoms with van der Waals surface area (Å²) < 4.78 is 6.33. The summed E-state index contributed by atoms with van der Waals surface area (Å²) in [5.74, 6) is 1.30. The van der Waals surface area contributed by atoms with Crippen LogP contribution in [0, 0.1) is 13.0 Å². The van der Waals surface area contributed by atoms with E-state index in [1.165, 1.54) is 16.7 Å². The fourth-order valence-corrected chi connectivity index (χ4v) is 4.86. The van der Waals surface area contributed by atoms with Gasteiger partial charge in [0.05, 0.1) is 0 Å². The molecule has 3 aromatic rings. The monoisotopic (exact) mass is 345 g/mol. The molecule has 0 spiro atoms. The first-order valence-electron chi connectivity index (χ1n) is 8.77. The minimum Gasteiger partial charge on any atom is -0.549 e. The zero-order chi connectivity index (χ0) is 17.7. The van der Waals surface area contributed by atoms with Crippen molar-refractivity contribution in [2.75, 3.05) is 0 Å². The molecule has 0 fully saturated rings. The molecule has 0 aliphatic rings. The van der Waals surface area contributed by atoms with E-state index in [0.29, 0.717) is 5.92 Å². The first kappa shape index (κ1) is 17.5. The third kappa shape index (κ3) is 4.20. The van der Waals surface area contributed by atoms with Crippen LogP contribution in [-0.2, 0) is 0 Å². The Labute approximate surface area is 153 Å². The molecule has 3 rings (SSSR count). The lowest BCUT2D eigenvalue weighted by atomic mass is 9.82. The van der Waals surface area contributed by atoms with Gasteiger partial charge in [-0.2, -0.15) is 0 Å². The third-order valence-corrected chi connectivity index (χ3v) is 6.29. The molecule has 127 valence electrons. The van der Waals surface area contributed by atoms with Crippen LogP contribution < -0.4 is 4.43 Å². The molecule has 0 unspecified atom stereocenters. The molecule has 0 amide bonds. The van der Waals surface area contributed by atoms with E-state index in [2.05, 4.69) is 93.6 Å². The second-order valence-corrected chi connectivity index (χ2v) is 9.62. The Kier molecular flexibility index (Phi) is 5.39. The van der Waals surface area contributed by atoms with Crippen molar-refractivity contribution in [1.29, 1.82) is 0 Å². The van der Waals surface area contributed by atoms with Crippen LogP contribution in [0.4, 0.5) is 0 Å². The topological polar surface area (TPSA) is 9.23 Å². The summed E-state index contributed by atoms with van der Waals surface area (Å²) in [6.07, 6.45) is 0. The average Bonchev–Trinajstić information content (AvgIpc) is 2.63. The maximum Gasteiger partial charge on any atom is 0.226 e. The van der Waals surface area contributed by atoms with Gasteiger partial charge >= 0.3 is 0 Å². The van der Waals surface area contributed by atoms with Gasteiger partial charge < -0.3 is 4.43 Å². The molecule has 0 atom stereocenters. The molecule has 0 aromatic heterocycles. The van der Waals surface area contributed by atoms with Crippen molar-refractivity contribution >= 4 is 9.76 Å². The second kappa shape index (κ2) is 7.71. The summed E-state index contributed by atoms with van der Waals surface area (Å²) in [5, 5.41) is 0.0744. The van der Waals surface area contributed by atoms with Gasteiger partial charge in [0.25, 0.3) is 0 Å². The first-order chi connectivity index (χ1) is 12.1. The van der Waals surface area contributed by atoms with Crippen molar-refractivity contribution < 1.29 is 4.43 Å². The molecule has 2 heteroatoms. The van der Waals surface area contributed by atoms with Crippen molar-refractivity contribution in [3.8, 4) is 5.75 Å². The standard InChI is InChI=1S/C23H25OSi/c1-18-12-10-11-17-21(18)24-25-23(2,3)22(19-13-6-4-7-14-19)20-15-8-5-9-16-20/h4-10,12-17,22H,25H2,1-3H3. The molecule has 0 saturated carbocycles. The van der Waals surface area contributed by atoms with Crippen LogP contribution in [-0.4, -0.2) is 9.76 Å². The Morgan fingerprint density at radius 3 is 1.96 bits per heavy atom. The normalized spacial score (nSPS) is 12.0. The maximum absolute atomic E-state index is 6.33. The Morgan fingerprint density at radius 1 is 0.880 bits per heavy atom. The molecule has 0 aliphatic carbocycles. The lowest BCUT2D eigenvalue weighted by Gasteiger charge is -2.35. The molecule has 1 nitrogen and oxygen atoms in total. The van der Waals surface area contributed by atoms with Crippen LogP contribution in [0.1, 0.15) is 36.5 Å². The van der Waals surface area contributed by atoms with Crippen molar-refractivity contribution in [1.82, 2.24) is 0 Å². The smallest absolute Gasteiger partial charge is 0.226 e. The predicted octanol–water partition coefficient (Wildman–Crippen LogP) is 5.29. The quantitative estimate of drug-likeness (QED) is 0.552. The van der Waals surface area contributed by atoms with Crippen molar-refractivity contribution in [3.05, 3.63) is 102 Å². The first-order valence-corrected chi connectivity index (χ1v) is 10.1. The Balaban J connectivity index is 1.90. The molecule has 25 heavy (non-hydrogen) atoms. The number of aryl methyl sites for hydroxylation is 1. The summed E-state index contributed by atoms with van der Waals surface area (Å²) in [6, 6.07) is 30.7. The highest BCUT2D eigenvalue weighted by Gasteiger charge is 2.33. The highest BCUT2D eigenvalue weighted by atomic mass is 28.2. The van der Waals surface area contributed by atoms with Crippen LogP contribution >= 0.6 is 0 Å². The lowest BCUT2D eigenvalue weighted by molar-refractivity contribution is 0.490. The minimum absolute atomic E-state index is 0.0744. The molecule has 0 heterocycles. The molecule has 0 N–H and O–H groups in total. The van der Waals surface area contributed by atoms with E-state index in [4.69, 9.17) is 4.43 Å². The second-order valence-electron chi connectivity index (χ2n) is 7.22. The van der Waals surface area contributed by atoms with Gasteiger partial charge in [-0.15, -0.1) is 0 Å². The zero-order valence-corrected chi connectivity index (χ0v) is 16.6. The van der Waals surface area contributed by atoms with Crippen LogP contribution in [0.5, 0.6) is 5.75 Å². The Morgan fingerprint density at radius 2 is 1.44 bits per heavy atom. The van der Waals surface area contributed by atoms with Gasteiger partial charge in [0, 0.05) is 5.92 Å². The summed E-state index contributed by atoms with van der Waals surface area (Å²) in [5.41, 5.74) is 3.88. The summed E-state index contributed by atoms with van der Waals surface area (Å²) >= 11 is 0. The van der Waals surface area contributed by atoms with E-state index in [9.17, 15) is 0 Å². The Hall–Kier alpha value is -2.32. The fraction of sp³-hybridized carbons (Fsp3) is 0.217. The number of hydrogen-bond acceptors (Lipinski definition) is 1. The van der Waals surface area contributed by atoms with Crippen LogP contribution in [0.2, 0.25) is 5.04 Å². The SMILES string of the molecule is Cc1cc[c]cc1O[SiH2]C(C)(C)C(c1ccccc1)c1ccccc1. The van der Waals surface area contributed by atoms with Crippen LogP contribution in [0.15, 0.2) is 78.9 Å². The van der Waals surface area contributed by atoms with Crippen molar-refractivity contribution in [2.24, 2.45) is 0 Å². The molecule has 0 bridgehead atoms.